The van der Waals surface area contributed by atoms with Crippen molar-refractivity contribution in [3.8, 4) is 0 Å². The van der Waals surface area contributed by atoms with Gasteiger partial charge in [0.25, 0.3) is 0 Å². The van der Waals surface area contributed by atoms with Gasteiger partial charge in [0.2, 0.25) is 0 Å². The topological polar surface area (TPSA) is 43.8 Å². The van der Waals surface area contributed by atoms with Crippen LogP contribution in [0.4, 0.5) is 5.82 Å². The summed E-state index contributed by atoms with van der Waals surface area (Å²) in [7, 11) is 0. The van der Waals surface area contributed by atoms with Gasteiger partial charge in [0.15, 0.2) is 5.82 Å². The first kappa shape index (κ1) is 11.2. The van der Waals surface area contributed by atoms with Gasteiger partial charge in [-0.25, -0.2) is 0 Å². The Labute approximate surface area is 103 Å². The van der Waals surface area contributed by atoms with Crippen molar-refractivity contribution in [2.45, 2.75) is 19.4 Å². The molecule has 0 bridgehead atoms. The molecule has 0 spiro atoms. The molecule has 1 aromatic carbocycles. The van der Waals surface area contributed by atoms with Crippen molar-refractivity contribution in [3.63, 3.8) is 0 Å². The Morgan fingerprint density at radius 1 is 1.25 bits per heavy atom. The van der Waals surface area contributed by atoms with E-state index in [9.17, 15) is 0 Å². The number of nitrogens with zero attached hydrogens (tertiary/aromatic N) is 2. The highest BCUT2D eigenvalue weighted by Gasteiger charge is 2.01. The Balaban J connectivity index is 1.84. The Hall–Kier alpha value is -1.29. The average Bonchev–Trinajstić information content (AvgIpc) is 2.60. The van der Waals surface area contributed by atoms with E-state index >= 15 is 0 Å². The number of anilines is 1. The van der Waals surface area contributed by atoms with Crippen molar-refractivity contribution in [2.24, 2.45) is 0 Å². The Bertz CT molecular complexity index is 431. The summed E-state index contributed by atoms with van der Waals surface area (Å²) >= 11 is 3.34. The van der Waals surface area contributed by atoms with Crippen molar-refractivity contribution in [1.29, 1.82) is 0 Å². The van der Waals surface area contributed by atoms with Crippen LogP contribution in [0.5, 0.6) is 0 Å². The van der Waals surface area contributed by atoms with Crippen LogP contribution in [0, 0.1) is 0 Å². The Morgan fingerprint density at radius 2 is 2.00 bits per heavy atom. The van der Waals surface area contributed by atoms with Crippen LogP contribution in [0.3, 0.4) is 0 Å². The van der Waals surface area contributed by atoms with Crippen LogP contribution in [0.2, 0.25) is 0 Å². The molecule has 0 aliphatic rings. The van der Waals surface area contributed by atoms with Crippen molar-refractivity contribution in [2.75, 3.05) is 5.73 Å². The molecular formula is C12H14BrN3. The molecule has 0 radical (unpaired) electrons. The van der Waals surface area contributed by atoms with E-state index in [2.05, 4.69) is 45.3 Å². The number of aryl methyl sites for hydroxylation is 2. The lowest BCUT2D eigenvalue weighted by Gasteiger charge is -2.01. The summed E-state index contributed by atoms with van der Waals surface area (Å²) in [6, 6.07) is 10.5. The molecule has 2 aromatic rings. The molecule has 0 saturated carbocycles. The third-order valence-electron chi connectivity index (χ3n) is 2.44. The lowest BCUT2D eigenvalue weighted by molar-refractivity contribution is 0.580. The molecule has 0 fully saturated rings. The summed E-state index contributed by atoms with van der Waals surface area (Å²) in [6.07, 6.45) is 4.05. The Kier molecular flexibility index (Phi) is 3.62. The zero-order chi connectivity index (χ0) is 11.4. The van der Waals surface area contributed by atoms with E-state index in [0.29, 0.717) is 5.82 Å². The predicted octanol–water partition coefficient (Wildman–Crippen LogP) is 2.86. The summed E-state index contributed by atoms with van der Waals surface area (Å²) in [4.78, 5) is 0. The first-order valence-corrected chi connectivity index (χ1v) is 6.07. The molecule has 0 saturated heterocycles. The van der Waals surface area contributed by atoms with E-state index in [1.54, 1.807) is 0 Å². The standard InChI is InChI=1S/C12H14BrN3/c13-11-9-16(15-12(11)14)8-4-7-10-5-2-1-3-6-10/h1-3,5-6,9H,4,7-8H2,(H2,14,15). The molecule has 2 N–H and O–H groups in total. The van der Waals surface area contributed by atoms with Gasteiger partial charge in [-0.2, -0.15) is 5.10 Å². The number of rotatable bonds is 4. The van der Waals surface area contributed by atoms with Crippen LogP contribution < -0.4 is 5.73 Å². The van der Waals surface area contributed by atoms with Crippen LogP contribution in [-0.2, 0) is 13.0 Å². The summed E-state index contributed by atoms with van der Waals surface area (Å²) in [5.74, 6) is 0.555. The smallest absolute Gasteiger partial charge is 0.159 e. The van der Waals surface area contributed by atoms with Gasteiger partial charge < -0.3 is 5.73 Å². The molecule has 2 rings (SSSR count). The van der Waals surface area contributed by atoms with E-state index in [1.807, 2.05) is 16.9 Å². The first-order valence-electron chi connectivity index (χ1n) is 5.28. The summed E-state index contributed by atoms with van der Waals surface area (Å²) < 4.78 is 2.75. The van der Waals surface area contributed by atoms with E-state index in [0.717, 1.165) is 23.9 Å². The van der Waals surface area contributed by atoms with Crippen molar-refractivity contribution in [1.82, 2.24) is 9.78 Å². The predicted molar refractivity (Wildman–Crippen MR) is 69.1 cm³/mol. The number of nitrogen functional groups attached to an aromatic ring is 1. The highest BCUT2D eigenvalue weighted by atomic mass is 79.9. The first-order chi connectivity index (χ1) is 7.75. The number of benzene rings is 1. The molecule has 0 amide bonds. The van der Waals surface area contributed by atoms with Gasteiger partial charge in [0.05, 0.1) is 4.47 Å². The largest absolute Gasteiger partial charge is 0.381 e. The maximum atomic E-state index is 5.64. The van der Waals surface area contributed by atoms with Crippen LogP contribution in [-0.4, -0.2) is 9.78 Å². The second-order valence-electron chi connectivity index (χ2n) is 3.71. The average molecular weight is 280 g/mol. The fourth-order valence-electron chi connectivity index (χ4n) is 1.62. The second kappa shape index (κ2) is 5.16. The fourth-order valence-corrected chi connectivity index (χ4v) is 1.93. The molecular weight excluding hydrogens is 266 g/mol. The lowest BCUT2D eigenvalue weighted by Crippen LogP contribution is -2.01. The van der Waals surface area contributed by atoms with E-state index in [1.165, 1.54) is 5.56 Å². The van der Waals surface area contributed by atoms with Gasteiger partial charge in [-0.15, -0.1) is 0 Å². The van der Waals surface area contributed by atoms with Crippen LogP contribution in [0.1, 0.15) is 12.0 Å². The number of hydrogen-bond acceptors (Lipinski definition) is 2. The number of nitrogens with two attached hydrogens (primary N) is 1. The molecule has 1 aromatic heterocycles. The van der Waals surface area contributed by atoms with Gasteiger partial charge in [-0.3, -0.25) is 4.68 Å². The van der Waals surface area contributed by atoms with Crippen molar-refractivity contribution < 1.29 is 0 Å². The molecule has 0 aliphatic carbocycles. The lowest BCUT2D eigenvalue weighted by atomic mass is 10.1. The fraction of sp³-hybridized carbons (Fsp3) is 0.250. The molecule has 0 aliphatic heterocycles. The zero-order valence-corrected chi connectivity index (χ0v) is 10.5. The van der Waals surface area contributed by atoms with Crippen molar-refractivity contribution >= 4 is 21.7 Å². The van der Waals surface area contributed by atoms with E-state index < -0.39 is 0 Å². The van der Waals surface area contributed by atoms with E-state index in [-0.39, 0.29) is 0 Å². The zero-order valence-electron chi connectivity index (χ0n) is 8.94. The van der Waals surface area contributed by atoms with Crippen LogP contribution in [0.25, 0.3) is 0 Å². The van der Waals surface area contributed by atoms with Gasteiger partial charge >= 0.3 is 0 Å². The van der Waals surface area contributed by atoms with Crippen LogP contribution in [0.15, 0.2) is 41.0 Å². The quantitative estimate of drug-likeness (QED) is 0.935. The Morgan fingerprint density at radius 3 is 2.62 bits per heavy atom. The molecule has 16 heavy (non-hydrogen) atoms. The molecule has 3 nitrogen and oxygen atoms in total. The third-order valence-corrected chi connectivity index (χ3v) is 3.05. The molecule has 1 heterocycles. The van der Waals surface area contributed by atoms with Crippen molar-refractivity contribution in [3.05, 3.63) is 46.6 Å². The summed E-state index contributed by atoms with van der Waals surface area (Å²) in [5, 5.41) is 4.19. The second-order valence-corrected chi connectivity index (χ2v) is 4.57. The SMILES string of the molecule is Nc1nn(CCCc2ccccc2)cc1Br. The normalized spacial score (nSPS) is 10.6. The van der Waals surface area contributed by atoms with E-state index in [4.69, 9.17) is 5.73 Å². The van der Waals surface area contributed by atoms with Gasteiger partial charge in [0.1, 0.15) is 0 Å². The number of aromatic nitrogens is 2. The monoisotopic (exact) mass is 279 g/mol. The number of hydrogen-bond donors (Lipinski definition) is 1. The molecule has 0 unspecified atom stereocenters. The minimum atomic E-state index is 0.555. The van der Waals surface area contributed by atoms with Crippen LogP contribution >= 0.6 is 15.9 Å². The minimum absolute atomic E-state index is 0.555. The third kappa shape index (κ3) is 2.85. The number of halogens is 1. The van der Waals surface area contributed by atoms with Gasteiger partial charge in [-0.1, -0.05) is 30.3 Å². The summed E-state index contributed by atoms with van der Waals surface area (Å²) in [5.41, 5.74) is 7.01. The maximum Gasteiger partial charge on any atom is 0.159 e. The van der Waals surface area contributed by atoms with Gasteiger partial charge in [-0.05, 0) is 34.3 Å². The highest BCUT2D eigenvalue weighted by Crippen LogP contribution is 2.16. The van der Waals surface area contributed by atoms with Gasteiger partial charge in [0, 0.05) is 12.7 Å². The summed E-state index contributed by atoms with van der Waals surface area (Å²) in [6.45, 7) is 0.894. The maximum absolute atomic E-state index is 5.64. The molecule has 0 atom stereocenters. The molecule has 84 valence electrons. The highest BCUT2D eigenvalue weighted by molar-refractivity contribution is 9.10. The molecule has 4 heteroatoms. The minimum Gasteiger partial charge on any atom is -0.381 e.